The van der Waals surface area contributed by atoms with Crippen LogP contribution in [0.15, 0.2) is 54.7 Å². The smallest absolute Gasteiger partial charge is 0.258 e. The van der Waals surface area contributed by atoms with Crippen LogP contribution >= 0.6 is 0 Å². The quantitative estimate of drug-likeness (QED) is 0.778. The van der Waals surface area contributed by atoms with Crippen molar-refractivity contribution in [3.63, 3.8) is 0 Å². The molecule has 1 N–H and O–H groups in total. The third kappa shape index (κ3) is 2.58. The Labute approximate surface area is 119 Å². The number of nitrogens with one attached hydrogen (secondary N) is 1. The van der Waals surface area contributed by atoms with E-state index in [4.69, 9.17) is 0 Å². The van der Waals surface area contributed by atoms with E-state index in [0.29, 0.717) is 16.6 Å². The number of pyridine rings is 1. The summed E-state index contributed by atoms with van der Waals surface area (Å²) in [6.07, 6.45) is 1.50. The molecule has 0 aliphatic carbocycles. The fourth-order valence-electron chi connectivity index (χ4n) is 2.06. The number of rotatable bonds is 2. The molecule has 5 heteroatoms. The Morgan fingerprint density at radius 3 is 2.67 bits per heavy atom. The van der Waals surface area contributed by atoms with Crippen molar-refractivity contribution in [1.82, 2.24) is 4.98 Å². The van der Waals surface area contributed by atoms with Crippen LogP contribution in [0.1, 0.15) is 10.4 Å². The molecule has 1 aromatic heterocycles. The fraction of sp³-hybridized carbons (Fsp3) is 0. The van der Waals surface area contributed by atoms with Crippen LogP contribution in [0.2, 0.25) is 0 Å². The number of aromatic nitrogens is 1. The van der Waals surface area contributed by atoms with Gasteiger partial charge in [-0.2, -0.15) is 0 Å². The second-order valence-electron chi connectivity index (χ2n) is 4.45. The summed E-state index contributed by atoms with van der Waals surface area (Å²) in [5.74, 6) is -1.64. The molecule has 21 heavy (non-hydrogen) atoms. The van der Waals surface area contributed by atoms with Crippen LogP contribution in [-0.4, -0.2) is 10.9 Å². The molecule has 0 saturated heterocycles. The lowest BCUT2D eigenvalue weighted by Gasteiger charge is -2.09. The molecule has 0 spiro atoms. The van der Waals surface area contributed by atoms with Gasteiger partial charge in [0.2, 0.25) is 0 Å². The molecule has 3 nitrogen and oxygen atoms in total. The molecule has 0 aliphatic heterocycles. The standard InChI is InChI=1S/C16H10F2N2O/c17-10-5-6-14-12(9-10)15(7-8-19-14)20-16(21)11-3-1-2-4-13(11)18/h1-9H,(H,19,20,21). The van der Waals surface area contributed by atoms with Crippen LogP contribution in [-0.2, 0) is 0 Å². The average molecular weight is 284 g/mol. The van der Waals surface area contributed by atoms with Crippen LogP contribution in [0.5, 0.6) is 0 Å². The van der Waals surface area contributed by atoms with Gasteiger partial charge in [-0.15, -0.1) is 0 Å². The number of amides is 1. The highest BCUT2D eigenvalue weighted by atomic mass is 19.1. The summed E-state index contributed by atoms with van der Waals surface area (Å²) in [4.78, 5) is 16.2. The van der Waals surface area contributed by atoms with Crippen LogP contribution in [0.25, 0.3) is 10.9 Å². The maximum Gasteiger partial charge on any atom is 0.258 e. The summed E-state index contributed by atoms with van der Waals surface area (Å²) in [5.41, 5.74) is 0.856. The molecule has 1 heterocycles. The van der Waals surface area contributed by atoms with Crippen molar-refractivity contribution in [2.75, 3.05) is 5.32 Å². The molecule has 0 bridgehead atoms. The zero-order valence-corrected chi connectivity index (χ0v) is 10.8. The summed E-state index contributed by atoms with van der Waals surface area (Å²) in [7, 11) is 0. The zero-order valence-electron chi connectivity index (χ0n) is 10.8. The minimum absolute atomic E-state index is 0.0705. The molecule has 0 fully saturated rings. The summed E-state index contributed by atoms with van der Waals surface area (Å²) in [6.45, 7) is 0. The zero-order chi connectivity index (χ0) is 14.8. The molecule has 0 aliphatic rings. The number of carbonyl (C=O) groups excluding carboxylic acids is 1. The number of halogens is 2. The maximum atomic E-state index is 13.6. The minimum Gasteiger partial charge on any atom is -0.321 e. The number of hydrogen-bond donors (Lipinski definition) is 1. The predicted octanol–water partition coefficient (Wildman–Crippen LogP) is 3.77. The van der Waals surface area contributed by atoms with Gasteiger partial charge in [-0.25, -0.2) is 8.78 Å². The fourth-order valence-corrected chi connectivity index (χ4v) is 2.06. The topological polar surface area (TPSA) is 42.0 Å². The number of nitrogens with zero attached hydrogens (tertiary/aromatic N) is 1. The number of carbonyl (C=O) groups is 1. The minimum atomic E-state index is -0.612. The lowest BCUT2D eigenvalue weighted by molar-refractivity contribution is 0.102. The first-order chi connectivity index (χ1) is 10.1. The van der Waals surface area contributed by atoms with E-state index in [-0.39, 0.29) is 5.56 Å². The monoisotopic (exact) mass is 284 g/mol. The summed E-state index contributed by atoms with van der Waals surface area (Å²) in [6, 6.07) is 11.3. The Hall–Kier alpha value is -2.82. The highest BCUT2D eigenvalue weighted by Gasteiger charge is 2.12. The van der Waals surface area contributed by atoms with Crippen LogP contribution in [0.4, 0.5) is 14.5 Å². The van der Waals surface area contributed by atoms with E-state index in [0.717, 1.165) is 0 Å². The number of anilines is 1. The predicted molar refractivity (Wildman–Crippen MR) is 76.1 cm³/mol. The van der Waals surface area contributed by atoms with E-state index in [1.54, 1.807) is 12.1 Å². The molecule has 0 saturated carbocycles. The van der Waals surface area contributed by atoms with Crippen LogP contribution < -0.4 is 5.32 Å². The molecule has 0 radical (unpaired) electrons. The molecule has 104 valence electrons. The maximum absolute atomic E-state index is 13.6. The van der Waals surface area contributed by atoms with Crippen molar-refractivity contribution in [2.45, 2.75) is 0 Å². The van der Waals surface area contributed by atoms with Gasteiger partial charge in [-0.05, 0) is 36.4 Å². The summed E-state index contributed by atoms with van der Waals surface area (Å²) >= 11 is 0. The van der Waals surface area contributed by atoms with Crippen molar-refractivity contribution < 1.29 is 13.6 Å². The van der Waals surface area contributed by atoms with E-state index >= 15 is 0 Å². The van der Waals surface area contributed by atoms with E-state index in [9.17, 15) is 13.6 Å². The first-order valence-electron chi connectivity index (χ1n) is 6.25. The number of fused-ring (bicyclic) bond motifs is 1. The Kier molecular flexibility index (Phi) is 3.31. The van der Waals surface area contributed by atoms with Crippen molar-refractivity contribution in [2.24, 2.45) is 0 Å². The Balaban J connectivity index is 2.00. The summed E-state index contributed by atoms with van der Waals surface area (Å²) < 4.78 is 26.9. The highest BCUT2D eigenvalue weighted by molar-refractivity contribution is 6.08. The number of benzene rings is 2. The van der Waals surface area contributed by atoms with Gasteiger partial charge in [0.15, 0.2) is 0 Å². The van der Waals surface area contributed by atoms with Crippen molar-refractivity contribution in [3.8, 4) is 0 Å². The van der Waals surface area contributed by atoms with Crippen molar-refractivity contribution in [1.29, 1.82) is 0 Å². The van der Waals surface area contributed by atoms with E-state index in [1.807, 2.05) is 0 Å². The van der Waals surface area contributed by atoms with Gasteiger partial charge in [-0.1, -0.05) is 12.1 Å². The van der Waals surface area contributed by atoms with Gasteiger partial charge in [0.05, 0.1) is 16.8 Å². The van der Waals surface area contributed by atoms with Gasteiger partial charge >= 0.3 is 0 Å². The van der Waals surface area contributed by atoms with Gasteiger partial charge in [0.1, 0.15) is 11.6 Å². The summed E-state index contributed by atoms with van der Waals surface area (Å²) in [5, 5.41) is 3.04. The third-order valence-electron chi connectivity index (χ3n) is 3.07. The molecule has 0 unspecified atom stereocenters. The van der Waals surface area contributed by atoms with E-state index in [2.05, 4.69) is 10.3 Å². The van der Waals surface area contributed by atoms with Crippen molar-refractivity contribution >= 4 is 22.5 Å². The van der Waals surface area contributed by atoms with Gasteiger partial charge in [0, 0.05) is 11.6 Å². The SMILES string of the molecule is O=C(Nc1ccnc2ccc(F)cc12)c1ccccc1F. The van der Waals surface area contributed by atoms with Gasteiger partial charge < -0.3 is 5.32 Å². The molecule has 3 aromatic rings. The largest absolute Gasteiger partial charge is 0.321 e. The van der Waals surface area contributed by atoms with Gasteiger partial charge in [0.25, 0.3) is 5.91 Å². The number of hydrogen-bond acceptors (Lipinski definition) is 2. The molecule has 1 amide bonds. The Bertz CT molecular complexity index is 833. The average Bonchev–Trinajstić information content (AvgIpc) is 2.48. The van der Waals surface area contributed by atoms with E-state index < -0.39 is 17.5 Å². The van der Waals surface area contributed by atoms with Crippen LogP contribution in [0.3, 0.4) is 0 Å². The first-order valence-corrected chi connectivity index (χ1v) is 6.25. The molecular weight excluding hydrogens is 274 g/mol. The molecule has 2 aromatic carbocycles. The highest BCUT2D eigenvalue weighted by Crippen LogP contribution is 2.23. The van der Waals surface area contributed by atoms with Crippen molar-refractivity contribution in [3.05, 3.63) is 71.9 Å². The molecular formula is C16H10F2N2O. The first kappa shape index (κ1) is 13.2. The molecule has 3 rings (SSSR count). The lowest BCUT2D eigenvalue weighted by Crippen LogP contribution is -2.14. The third-order valence-corrected chi connectivity index (χ3v) is 3.07. The van der Waals surface area contributed by atoms with Crippen LogP contribution in [0, 0.1) is 11.6 Å². The van der Waals surface area contributed by atoms with Gasteiger partial charge in [-0.3, -0.25) is 9.78 Å². The molecule has 0 atom stereocenters. The lowest BCUT2D eigenvalue weighted by atomic mass is 10.1. The second-order valence-corrected chi connectivity index (χ2v) is 4.45. The second kappa shape index (κ2) is 5.28. The Morgan fingerprint density at radius 2 is 1.86 bits per heavy atom. The van der Waals surface area contributed by atoms with E-state index in [1.165, 1.54) is 42.6 Å². The Morgan fingerprint density at radius 1 is 1.05 bits per heavy atom. The normalized spacial score (nSPS) is 10.6.